The van der Waals surface area contributed by atoms with E-state index in [-0.39, 0.29) is 0 Å². The number of nitrogens with one attached hydrogen (secondary N) is 1. The van der Waals surface area contributed by atoms with Crippen molar-refractivity contribution in [1.82, 2.24) is 5.32 Å². The molecule has 0 amide bonds. The molecule has 0 aliphatic carbocycles. The molecule has 0 aliphatic heterocycles. The number of ether oxygens (including phenoxy) is 2. The monoisotopic (exact) mass is 265 g/mol. The molecule has 1 unspecified atom stereocenters. The van der Waals surface area contributed by atoms with Crippen molar-refractivity contribution in [3.8, 4) is 11.5 Å². The predicted molar refractivity (Wildman–Crippen MR) is 80.2 cm³/mol. The summed E-state index contributed by atoms with van der Waals surface area (Å²) in [5.74, 6) is 1.65. The number of hydrogen-bond donors (Lipinski definition) is 1. The lowest BCUT2D eigenvalue weighted by molar-refractivity contribution is 0.310. The zero-order valence-electron chi connectivity index (χ0n) is 12.7. The van der Waals surface area contributed by atoms with E-state index in [9.17, 15) is 0 Å². The van der Waals surface area contributed by atoms with Gasteiger partial charge in [0.25, 0.3) is 0 Å². The van der Waals surface area contributed by atoms with Gasteiger partial charge in [-0.3, -0.25) is 0 Å². The van der Waals surface area contributed by atoms with Gasteiger partial charge < -0.3 is 14.8 Å². The van der Waals surface area contributed by atoms with Crippen LogP contribution in [0.4, 0.5) is 0 Å². The van der Waals surface area contributed by atoms with Gasteiger partial charge in [0.05, 0.1) is 13.7 Å². The molecular weight excluding hydrogens is 238 g/mol. The van der Waals surface area contributed by atoms with Crippen LogP contribution in [0.1, 0.15) is 39.2 Å². The Balaban J connectivity index is 2.56. The Kier molecular flexibility index (Phi) is 7.34. The van der Waals surface area contributed by atoms with Crippen LogP contribution in [0, 0.1) is 0 Å². The molecule has 0 bridgehead atoms. The fourth-order valence-electron chi connectivity index (χ4n) is 2.02. The van der Waals surface area contributed by atoms with Crippen LogP contribution in [-0.4, -0.2) is 26.3 Å². The van der Waals surface area contributed by atoms with E-state index < -0.39 is 0 Å². The molecule has 0 saturated heterocycles. The van der Waals surface area contributed by atoms with E-state index in [1.165, 1.54) is 12.0 Å². The van der Waals surface area contributed by atoms with Crippen molar-refractivity contribution in [1.29, 1.82) is 0 Å². The van der Waals surface area contributed by atoms with Crippen LogP contribution >= 0.6 is 0 Å². The van der Waals surface area contributed by atoms with Crippen LogP contribution in [0.3, 0.4) is 0 Å². The third-order valence-electron chi connectivity index (χ3n) is 3.14. The van der Waals surface area contributed by atoms with Crippen LogP contribution in [-0.2, 0) is 6.42 Å². The molecule has 1 atom stereocenters. The standard InChI is InChI=1S/C16H27NO2/c1-5-11-17-13(3)7-8-14-9-10-15(18-4)16(12-14)19-6-2/h9-10,12-13,17H,5-8,11H2,1-4H3. The van der Waals surface area contributed by atoms with Gasteiger partial charge in [0.15, 0.2) is 11.5 Å². The molecule has 1 aromatic rings. The molecular formula is C16H27NO2. The van der Waals surface area contributed by atoms with Crippen molar-refractivity contribution in [3.05, 3.63) is 23.8 Å². The molecule has 1 aromatic carbocycles. The Labute approximate surface area is 117 Å². The summed E-state index contributed by atoms with van der Waals surface area (Å²) in [4.78, 5) is 0. The highest BCUT2D eigenvalue weighted by atomic mass is 16.5. The molecule has 3 nitrogen and oxygen atoms in total. The first-order chi connectivity index (χ1) is 9.21. The van der Waals surface area contributed by atoms with Crippen LogP contribution in [0.15, 0.2) is 18.2 Å². The molecule has 0 aliphatic rings. The maximum atomic E-state index is 5.60. The average molecular weight is 265 g/mol. The lowest BCUT2D eigenvalue weighted by atomic mass is 10.1. The van der Waals surface area contributed by atoms with E-state index >= 15 is 0 Å². The number of rotatable bonds is 9. The molecule has 0 spiro atoms. The largest absolute Gasteiger partial charge is 0.493 e. The SMILES string of the molecule is CCCNC(C)CCc1ccc(OC)c(OCC)c1. The Morgan fingerprint density at radius 1 is 1.21 bits per heavy atom. The Morgan fingerprint density at radius 3 is 2.63 bits per heavy atom. The first-order valence-corrected chi connectivity index (χ1v) is 7.24. The smallest absolute Gasteiger partial charge is 0.161 e. The van der Waals surface area contributed by atoms with Gasteiger partial charge in [-0.15, -0.1) is 0 Å². The third kappa shape index (κ3) is 5.52. The van der Waals surface area contributed by atoms with Gasteiger partial charge in [-0.1, -0.05) is 13.0 Å². The second kappa shape index (κ2) is 8.81. The van der Waals surface area contributed by atoms with E-state index in [2.05, 4.69) is 31.3 Å². The average Bonchev–Trinajstić information content (AvgIpc) is 2.43. The fourth-order valence-corrected chi connectivity index (χ4v) is 2.02. The highest BCUT2D eigenvalue weighted by Crippen LogP contribution is 2.28. The van der Waals surface area contributed by atoms with E-state index in [0.717, 1.165) is 30.9 Å². The number of methoxy groups -OCH3 is 1. The van der Waals surface area contributed by atoms with Crippen molar-refractivity contribution >= 4 is 0 Å². The number of aryl methyl sites for hydroxylation is 1. The summed E-state index contributed by atoms with van der Waals surface area (Å²) in [5, 5.41) is 3.51. The highest BCUT2D eigenvalue weighted by Gasteiger charge is 2.07. The third-order valence-corrected chi connectivity index (χ3v) is 3.14. The quantitative estimate of drug-likeness (QED) is 0.742. The summed E-state index contributed by atoms with van der Waals surface area (Å²) in [6.07, 6.45) is 3.38. The zero-order valence-corrected chi connectivity index (χ0v) is 12.7. The lowest BCUT2D eigenvalue weighted by Gasteiger charge is -2.14. The van der Waals surface area contributed by atoms with Gasteiger partial charge in [0, 0.05) is 6.04 Å². The van der Waals surface area contributed by atoms with Gasteiger partial charge in [0.2, 0.25) is 0 Å². The van der Waals surface area contributed by atoms with Crippen molar-refractivity contribution in [2.24, 2.45) is 0 Å². The summed E-state index contributed by atoms with van der Waals surface area (Å²) in [6, 6.07) is 6.75. The summed E-state index contributed by atoms with van der Waals surface area (Å²) in [5.41, 5.74) is 1.30. The van der Waals surface area contributed by atoms with Crippen molar-refractivity contribution in [3.63, 3.8) is 0 Å². The van der Waals surface area contributed by atoms with Crippen LogP contribution in [0.2, 0.25) is 0 Å². The number of benzene rings is 1. The molecule has 1 rings (SSSR count). The fraction of sp³-hybridized carbons (Fsp3) is 0.625. The van der Waals surface area contributed by atoms with E-state index in [0.29, 0.717) is 12.6 Å². The molecule has 19 heavy (non-hydrogen) atoms. The second-order valence-electron chi connectivity index (χ2n) is 4.81. The van der Waals surface area contributed by atoms with Crippen molar-refractivity contribution < 1.29 is 9.47 Å². The van der Waals surface area contributed by atoms with Crippen LogP contribution in [0.5, 0.6) is 11.5 Å². The molecule has 0 heterocycles. The van der Waals surface area contributed by atoms with Crippen molar-refractivity contribution in [2.75, 3.05) is 20.3 Å². The molecule has 108 valence electrons. The highest BCUT2D eigenvalue weighted by molar-refractivity contribution is 5.43. The zero-order chi connectivity index (χ0) is 14.1. The topological polar surface area (TPSA) is 30.5 Å². The summed E-state index contributed by atoms with van der Waals surface area (Å²) in [7, 11) is 1.67. The second-order valence-corrected chi connectivity index (χ2v) is 4.81. The molecule has 0 aromatic heterocycles. The number of hydrogen-bond acceptors (Lipinski definition) is 3. The Hall–Kier alpha value is -1.22. The maximum absolute atomic E-state index is 5.60. The van der Waals surface area contributed by atoms with Crippen molar-refractivity contribution in [2.45, 2.75) is 46.1 Å². The van der Waals surface area contributed by atoms with Gasteiger partial charge in [-0.25, -0.2) is 0 Å². The van der Waals surface area contributed by atoms with Gasteiger partial charge in [-0.2, -0.15) is 0 Å². The van der Waals surface area contributed by atoms with Gasteiger partial charge in [-0.05, 0) is 57.4 Å². The van der Waals surface area contributed by atoms with Crippen LogP contribution < -0.4 is 14.8 Å². The Morgan fingerprint density at radius 2 is 2.00 bits per heavy atom. The Bertz CT molecular complexity index is 366. The predicted octanol–water partition coefficient (Wildman–Crippen LogP) is 3.41. The van der Waals surface area contributed by atoms with E-state index in [1.807, 2.05) is 13.0 Å². The lowest BCUT2D eigenvalue weighted by Crippen LogP contribution is -2.27. The summed E-state index contributed by atoms with van der Waals surface area (Å²) < 4.78 is 10.9. The van der Waals surface area contributed by atoms with Crippen LogP contribution in [0.25, 0.3) is 0 Å². The normalized spacial score (nSPS) is 12.2. The first kappa shape index (κ1) is 15.8. The molecule has 1 N–H and O–H groups in total. The minimum Gasteiger partial charge on any atom is -0.493 e. The summed E-state index contributed by atoms with van der Waals surface area (Å²) in [6.45, 7) is 8.17. The minimum absolute atomic E-state index is 0.553. The molecule has 0 saturated carbocycles. The van der Waals surface area contributed by atoms with Gasteiger partial charge >= 0.3 is 0 Å². The molecule has 0 radical (unpaired) electrons. The minimum atomic E-state index is 0.553. The van der Waals surface area contributed by atoms with Gasteiger partial charge in [0.1, 0.15) is 0 Å². The maximum Gasteiger partial charge on any atom is 0.161 e. The summed E-state index contributed by atoms with van der Waals surface area (Å²) >= 11 is 0. The molecule has 0 fully saturated rings. The van der Waals surface area contributed by atoms with E-state index in [1.54, 1.807) is 7.11 Å². The first-order valence-electron chi connectivity index (χ1n) is 7.24. The molecule has 3 heteroatoms. The van der Waals surface area contributed by atoms with E-state index in [4.69, 9.17) is 9.47 Å².